The molecule has 0 aromatic carbocycles. The van der Waals surface area contributed by atoms with Crippen molar-refractivity contribution in [3.8, 4) is 0 Å². The molecule has 1 aliphatic heterocycles. The minimum Gasteiger partial charge on any atom is -0.330 e. The lowest BCUT2D eigenvalue weighted by Crippen LogP contribution is -2.43. The molecule has 1 saturated heterocycles. The highest BCUT2D eigenvalue weighted by Crippen LogP contribution is 2.22. The highest BCUT2D eigenvalue weighted by atomic mass is 14.9. The first kappa shape index (κ1) is 12.0. The van der Waals surface area contributed by atoms with Crippen LogP contribution in [0.5, 0.6) is 0 Å². The second-order valence-electron chi connectivity index (χ2n) is 4.80. The van der Waals surface area contributed by atoms with Gasteiger partial charge in [-0.25, -0.2) is 0 Å². The van der Waals surface area contributed by atoms with Crippen LogP contribution < -0.4 is 11.1 Å². The number of rotatable bonds is 5. The molecule has 1 rings (SSSR count). The third kappa shape index (κ3) is 3.58. The molecule has 3 atom stereocenters. The van der Waals surface area contributed by atoms with Crippen molar-refractivity contribution in [2.24, 2.45) is 17.6 Å². The Kier molecular flexibility index (Phi) is 5.49. The average Bonchev–Trinajstić information content (AvgIpc) is 2.26. The summed E-state index contributed by atoms with van der Waals surface area (Å²) in [5.74, 6) is 1.53. The Bertz CT molecular complexity index is 141. The first-order valence-corrected chi connectivity index (χ1v) is 6.21. The average molecular weight is 198 g/mol. The Labute approximate surface area is 88.6 Å². The second kappa shape index (κ2) is 6.41. The van der Waals surface area contributed by atoms with E-state index >= 15 is 0 Å². The van der Waals surface area contributed by atoms with E-state index in [9.17, 15) is 0 Å². The van der Waals surface area contributed by atoms with Gasteiger partial charge in [-0.15, -0.1) is 0 Å². The van der Waals surface area contributed by atoms with Crippen LogP contribution in [0.2, 0.25) is 0 Å². The summed E-state index contributed by atoms with van der Waals surface area (Å²) in [5, 5.41) is 3.62. The Morgan fingerprint density at radius 3 is 2.71 bits per heavy atom. The Morgan fingerprint density at radius 2 is 2.21 bits per heavy atom. The van der Waals surface area contributed by atoms with Gasteiger partial charge in [-0.05, 0) is 44.2 Å². The van der Waals surface area contributed by atoms with Crippen LogP contribution in [-0.4, -0.2) is 19.1 Å². The Balaban J connectivity index is 2.35. The summed E-state index contributed by atoms with van der Waals surface area (Å²) in [6.07, 6.45) is 6.64. The number of piperidine rings is 1. The number of hydrogen-bond acceptors (Lipinski definition) is 2. The van der Waals surface area contributed by atoms with E-state index in [4.69, 9.17) is 5.73 Å². The molecule has 0 amide bonds. The van der Waals surface area contributed by atoms with Gasteiger partial charge in [0.15, 0.2) is 0 Å². The van der Waals surface area contributed by atoms with E-state index in [1.54, 1.807) is 0 Å². The summed E-state index contributed by atoms with van der Waals surface area (Å²) in [6, 6.07) is 0.697. The molecule has 3 N–H and O–H groups in total. The summed E-state index contributed by atoms with van der Waals surface area (Å²) in [5.41, 5.74) is 5.87. The monoisotopic (exact) mass is 198 g/mol. The van der Waals surface area contributed by atoms with E-state index in [1.165, 1.54) is 38.6 Å². The van der Waals surface area contributed by atoms with Crippen molar-refractivity contribution in [3.63, 3.8) is 0 Å². The van der Waals surface area contributed by atoms with E-state index in [1.807, 2.05) is 0 Å². The largest absolute Gasteiger partial charge is 0.330 e. The minimum absolute atomic E-state index is 0.697. The van der Waals surface area contributed by atoms with Crippen LogP contribution in [0.25, 0.3) is 0 Å². The molecule has 84 valence electrons. The Hall–Kier alpha value is -0.0800. The van der Waals surface area contributed by atoms with E-state index in [0.717, 1.165) is 12.5 Å². The molecular weight excluding hydrogens is 172 g/mol. The predicted octanol–water partition coefficient (Wildman–Crippen LogP) is 2.14. The molecule has 0 spiro atoms. The number of nitrogens with two attached hydrogens (primary N) is 1. The molecule has 14 heavy (non-hydrogen) atoms. The molecular formula is C12H26N2. The molecule has 1 fully saturated rings. The lowest BCUT2D eigenvalue weighted by Gasteiger charge is -2.32. The molecule has 0 saturated carbocycles. The zero-order valence-electron chi connectivity index (χ0n) is 9.76. The van der Waals surface area contributed by atoms with Crippen LogP contribution in [-0.2, 0) is 0 Å². The van der Waals surface area contributed by atoms with E-state index in [-0.39, 0.29) is 0 Å². The molecule has 1 heterocycles. The van der Waals surface area contributed by atoms with Gasteiger partial charge in [-0.2, -0.15) is 0 Å². The van der Waals surface area contributed by atoms with Gasteiger partial charge in [0.1, 0.15) is 0 Å². The van der Waals surface area contributed by atoms with Crippen molar-refractivity contribution < 1.29 is 0 Å². The third-order valence-electron chi connectivity index (χ3n) is 3.62. The zero-order valence-corrected chi connectivity index (χ0v) is 9.76. The van der Waals surface area contributed by atoms with E-state index in [0.29, 0.717) is 12.0 Å². The minimum atomic E-state index is 0.697. The fourth-order valence-corrected chi connectivity index (χ4v) is 2.39. The molecule has 2 nitrogen and oxygen atoms in total. The smallest absolute Gasteiger partial charge is 0.0107 e. The fraction of sp³-hybridized carbons (Fsp3) is 1.00. The van der Waals surface area contributed by atoms with Crippen molar-refractivity contribution in [1.29, 1.82) is 0 Å². The molecule has 0 unspecified atom stereocenters. The lowest BCUT2D eigenvalue weighted by atomic mass is 9.85. The molecule has 0 bridgehead atoms. The van der Waals surface area contributed by atoms with Gasteiger partial charge in [-0.1, -0.05) is 26.7 Å². The summed E-state index contributed by atoms with van der Waals surface area (Å²) in [6.45, 7) is 6.65. The maximum absolute atomic E-state index is 5.87. The van der Waals surface area contributed by atoms with Crippen LogP contribution in [0.1, 0.15) is 46.0 Å². The van der Waals surface area contributed by atoms with Crippen LogP contribution in [0.4, 0.5) is 0 Å². The Morgan fingerprint density at radius 1 is 1.43 bits per heavy atom. The molecule has 1 aliphatic rings. The normalized spacial score (nSPS) is 27.2. The van der Waals surface area contributed by atoms with Gasteiger partial charge >= 0.3 is 0 Å². The van der Waals surface area contributed by atoms with Gasteiger partial charge in [0.2, 0.25) is 0 Å². The fourth-order valence-electron chi connectivity index (χ4n) is 2.39. The summed E-state index contributed by atoms with van der Waals surface area (Å²) in [4.78, 5) is 0. The third-order valence-corrected chi connectivity index (χ3v) is 3.62. The first-order chi connectivity index (χ1) is 6.77. The maximum atomic E-state index is 5.87. The number of nitrogens with one attached hydrogen (secondary N) is 1. The highest BCUT2D eigenvalue weighted by Gasteiger charge is 2.23. The van der Waals surface area contributed by atoms with Gasteiger partial charge < -0.3 is 11.1 Å². The molecule has 0 aromatic heterocycles. The van der Waals surface area contributed by atoms with Gasteiger partial charge in [-0.3, -0.25) is 0 Å². The number of hydrogen-bond donors (Lipinski definition) is 2. The van der Waals surface area contributed by atoms with Crippen LogP contribution in [0, 0.1) is 11.8 Å². The van der Waals surface area contributed by atoms with E-state index < -0.39 is 0 Å². The quantitative estimate of drug-likeness (QED) is 0.710. The first-order valence-electron chi connectivity index (χ1n) is 6.21. The summed E-state index contributed by atoms with van der Waals surface area (Å²) < 4.78 is 0. The van der Waals surface area contributed by atoms with Crippen molar-refractivity contribution in [3.05, 3.63) is 0 Å². The van der Waals surface area contributed by atoms with Crippen LogP contribution >= 0.6 is 0 Å². The van der Waals surface area contributed by atoms with E-state index in [2.05, 4.69) is 19.2 Å². The molecule has 0 aliphatic carbocycles. The van der Waals surface area contributed by atoms with Crippen molar-refractivity contribution in [1.82, 2.24) is 5.32 Å². The SMILES string of the molecule is CC[C@H](C)C[C@H](CN)[C@H]1CCCCN1. The molecule has 0 aromatic rings. The molecule has 0 radical (unpaired) electrons. The predicted molar refractivity (Wildman–Crippen MR) is 62.3 cm³/mol. The molecule has 2 heteroatoms. The van der Waals surface area contributed by atoms with Gasteiger partial charge in [0.05, 0.1) is 0 Å². The standard InChI is InChI=1S/C12H26N2/c1-3-10(2)8-11(9-13)12-6-4-5-7-14-12/h10-12,14H,3-9,13H2,1-2H3/t10-,11+,12+/m0/s1. The summed E-state index contributed by atoms with van der Waals surface area (Å²) >= 11 is 0. The summed E-state index contributed by atoms with van der Waals surface area (Å²) in [7, 11) is 0. The topological polar surface area (TPSA) is 38.0 Å². The van der Waals surface area contributed by atoms with Crippen molar-refractivity contribution >= 4 is 0 Å². The van der Waals surface area contributed by atoms with Gasteiger partial charge in [0, 0.05) is 6.04 Å². The van der Waals surface area contributed by atoms with Crippen LogP contribution in [0.15, 0.2) is 0 Å². The van der Waals surface area contributed by atoms with Crippen molar-refractivity contribution in [2.45, 2.75) is 52.0 Å². The van der Waals surface area contributed by atoms with Gasteiger partial charge in [0.25, 0.3) is 0 Å². The maximum Gasteiger partial charge on any atom is 0.0107 e. The second-order valence-corrected chi connectivity index (χ2v) is 4.80. The highest BCUT2D eigenvalue weighted by molar-refractivity contribution is 4.81. The van der Waals surface area contributed by atoms with Crippen molar-refractivity contribution in [2.75, 3.05) is 13.1 Å². The van der Waals surface area contributed by atoms with Crippen LogP contribution in [0.3, 0.4) is 0 Å². The zero-order chi connectivity index (χ0) is 10.4. The lowest BCUT2D eigenvalue weighted by molar-refractivity contribution is 0.257.